The average Bonchev–Trinajstić information content (AvgIpc) is 3.24. The SMILES string of the molecule is COc1cccc(-c2nnc(SCC(=O)NC3CCCC3)o2)c1. The second-order valence-corrected chi connectivity index (χ2v) is 6.37. The van der Waals surface area contributed by atoms with Crippen LogP contribution in [0.3, 0.4) is 0 Å². The Morgan fingerprint density at radius 2 is 2.22 bits per heavy atom. The molecule has 1 aliphatic rings. The van der Waals surface area contributed by atoms with Crippen LogP contribution in [0.25, 0.3) is 11.5 Å². The lowest BCUT2D eigenvalue weighted by Crippen LogP contribution is -2.33. The second kappa shape index (κ2) is 7.50. The van der Waals surface area contributed by atoms with Gasteiger partial charge in [-0.15, -0.1) is 10.2 Å². The third kappa shape index (κ3) is 4.25. The number of carbonyl (C=O) groups is 1. The highest BCUT2D eigenvalue weighted by Gasteiger charge is 2.18. The summed E-state index contributed by atoms with van der Waals surface area (Å²) < 4.78 is 10.8. The van der Waals surface area contributed by atoms with Gasteiger partial charge in [-0.05, 0) is 31.0 Å². The first kappa shape index (κ1) is 15.9. The minimum absolute atomic E-state index is 0.0167. The quantitative estimate of drug-likeness (QED) is 0.819. The molecule has 1 heterocycles. The highest BCUT2D eigenvalue weighted by atomic mass is 32.2. The van der Waals surface area contributed by atoms with Crippen LogP contribution in [0.1, 0.15) is 25.7 Å². The fourth-order valence-electron chi connectivity index (χ4n) is 2.61. The Kier molecular flexibility index (Phi) is 5.17. The van der Waals surface area contributed by atoms with Gasteiger partial charge in [0.25, 0.3) is 5.22 Å². The van der Waals surface area contributed by atoms with Gasteiger partial charge in [0.15, 0.2) is 0 Å². The van der Waals surface area contributed by atoms with Crippen LogP contribution >= 0.6 is 11.8 Å². The summed E-state index contributed by atoms with van der Waals surface area (Å²) in [4.78, 5) is 11.9. The van der Waals surface area contributed by atoms with Crippen LogP contribution in [-0.4, -0.2) is 35.0 Å². The molecule has 0 unspecified atom stereocenters. The number of hydrogen-bond acceptors (Lipinski definition) is 6. The van der Waals surface area contributed by atoms with E-state index in [9.17, 15) is 4.79 Å². The lowest BCUT2D eigenvalue weighted by molar-refractivity contribution is -0.119. The third-order valence-electron chi connectivity index (χ3n) is 3.77. The normalized spacial score (nSPS) is 14.8. The molecule has 7 heteroatoms. The zero-order valence-corrected chi connectivity index (χ0v) is 13.8. The molecule has 0 radical (unpaired) electrons. The molecule has 0 saturated heterocycles. The van der Waals surface area contributed by atoms with Crippen molar-refractivity contribution in [3.05, 3.63) is 24.3 Å². The van der Waals surface area contributed by atoms with Crippen molar-refractivity contribution in [1.29, 1.82) is 0 Å². The van der Waals surface area contributed by atoms with Crippen LogP contribution in [0.2, 0.25) is 0 Å². The van der Waals surface area contributed by atoms with E-state index in [0.29, 0.717) is 17.2 Å². The van der Waals surface area contributed by atoms with Gasteiger partial charge in [-0.1, -0.05) is 30.7 Å². The molecule has 1 saturated carbocycles. The van der Waals surface area contributed by atoms with E-state index in [0.717, 1.165) is 24.2 Å². The Bertz CT molecular complexity index is 668. The maximum atomic E-state index is 11.9. The minimum atomic E-state index is 0.0167. The molecule has 6 nitrogen and oxygen atoms in total. The van der Waals surface area contributed by atoms with Gasteiger partial charge in [-0.3, -0.25) is 4.79 Å². The van der Waals surface area contributed by atoms with E-state index in [1.54, 1.807) is 7.11 Å². The molecule has 2 aromatic rings. The monoisotopic (exact) mass is 333 g/mol. The number of carbonyl (C=O) groups excluding carboxylic acids is 1. The van der Waals surface area contributed by atoms with Crippen molar-refractivity contribution in [2.75, 3.05) is 12.9 Å². The summed E-state index contributed by atoms with van der Waals surface area (Å²) >= 11 is 1.25. The molecule has 0 atom stereocenters. The van der Waals surface area contributed by atoms with E-state index in [1.807, 2.05) is 24.3 Å². The smallest absolute Gasteiger partial charge is 0.277 e. The van der Waals surface area contributed by atoms with Gasteiger partial charge in [0.2, 0.25) is 11.8 Å². The molecule has 0 aliphatic heterocycles. The predicted molar refractivity (Wildman–Crippen MR) is 87.4 cm³/mol. The average molecular weight is 333 g/mol. The lowest BCUT2D eigenvalue weighted by Gasteiger charge is -2.10. The summed E-state index contributed by atoms with van der Waals surface area (Å²) in [5.74, 6) is 1.45. The standard InChI is InChI=1S/C16H19N3O3S/c1-21-13-8-4-5-11(9-13)15-18-19-16(22-15)23-10-14(20)17-12-6-2-3-7-12/h4-5,8-9,12H,2-3,6-7,10H2,1H3,(H,17,20). The van der Waals surface area contributed by atoms with Crippen LogP contribution in [0.15, 0.2) is 33.9 Å². The van der Waals surface area contributed by atoms with Gasteiger partial charge in [0, 0.05) is 11.6 Å². The number of amides is 1. The van der Waals surface area contributed by atoms with E-state index in [4.69, 9.17) is 9.15 Å². The predicted octanol–water partition coefficient (Wildman–Crippen LogP) is 2.90. The van der Waals surface area contributed by atoms with Gasteiger partial charge in [-0.2, -0.15) is 0 Å². The highest BCUT2D eigenvalue weighted by molar-refractivity contribution is 7.99. The van der Waals surface area contributed by atoms with Crippen LogP contribution in [0, 0.1) is 0 Å². The van der Waals surface area contributed by atoms with Gasteiger partial charge in [0.1, 0.15) is 5.75 Å². The van der Waals surface area contributed by atoms with Crippen molar-refractivity contribution in [1.82, 2.24) is 15.5 Å². The number of nitrogens with zero attached hydrogens (tertiary/aromatic N) is 2. The highest BCUT2D eigenvalue weighted by Crippen LogP contribution is 2.26. The van der Waals surface area contributed by atoms with Gasteiger partial charge >= 0.3 is 0 Å². The number of hydrogen-bond donors (Lipinski definition) is 1. The van der Waals surface area contributed by atoms with Crippen LogP contribution in [-0.2, 0) is 4.79 Å². The zero-order valence-electron chi connectivity index (χ0n) is 12.9. The molecular formula is C16H19N3O3S. The summed E-state index contributed by atoms with van der Waals surface area (Å²) in [7, 11) is 1.61. The molecule has 23 heavy (non-hydrogen) atoms. The Balaban J connectivity index is 1.55. The van der Waals surface area contributed by atoms with E-state index >= 15 is 0 Å². The van der Waals surface area contributed by atoms with Crippen LogP contribution in [0.5, 0.6) is 5.75 Å². The maximum absolute atomic E-state index is 11.9. The summed E-state index contributed by atoms with van der Waals surface area (Å²) in [5, 5.41) is 11.4. The van der Waals surface area contributed by atoms with E-state index in [1.165, 1.54) is 24.6 Å². The van der Waals surface area contributed by atoms with E-state index < -0.39 is 0 Å². The van der Waals surface area contributed by atoms with Crippen molar-refractivity contribution >= 4 is 17.7 Å². The summed E-state index contributed by atoms with van der Waals surface area (Å²) in [6.07, 6.45) is 4.56. The fraction of sp³-hybridized carbons (Fsp3) is 0.438. The number of benzene rings is 1. The molecule has 122 valence electrons. The van der Waals surface area contributed by atoms with Gasteiger partial charge in [-0.25, -0.2) is 0 Å². The first-order valence-electron chi connectivity index (χ1n) is 7.64. The zero-order chi connectivity index (χ0) is 16.1. The Hall–Kier alpha value is -2.02. The molecular weight excluding hydrogens is 314 g/mol. The van der Waals surface area contributed by atoms with Gasteiger partial charge < -0.3 is 14.5 Å². The van der Waals surface area contributed by atoms with Crippen molar-refractivity contribution in [3.8, 4) is 17.2 Å². The summed E-state index contributed by atoms with van der Waals surface area (Å²) in [5.41, 5.74) is 0.791. The number of nitrogens with one attached hydrogen (secondary N) is 1. The first-order valence-corrected chi connectivity index (χ1v) is 8.63. The third-order valence-corrected chi connectivity index (χ3v) is 4.59. The fourth-order valence-corrected chi connectivity index (χ4v) is 3.18. The topological polar surface area (TPSA) is 77.2 Å². The van der Waals surface area contributed by atoms with Crippen LogP contribution < -0.4 is 10.1 Å². The van der Waals surface area contributed by atoms with E-state index in [-0.39, 0.29) is 11.7 Å². The van der Waals surface area contributed by atoms with Crippen molar-refractivity contribution in [2.45, 2.75) is 36.9 Å². The largest absolute Gasteiger partial charge is 0.497 e. The number of thioether (sulfide) groups is 1. The Morgan fingerprint density at radius 3 is 3.00 bits per heavy atom. The molecule has 1 fully saturated rings. The molecule has 1 aromatic heterocycles. The Morgan fingerprint density at radius 1 is 1.39 bits per heavy atom. The number of rotatable bonds is 6. The minimum Gasteiger partial charge on any atom is -0.497 e. The maximum Gasteiger partial charge on any atom is 0.277 e. The molecule has 1 N–H and O–H groups in total. The van der Waals surface area contributed by atoms with Crippen LogP contribution in [0.4, 0.5) is 0 Å². The number of ether oxygens (including phenoxy) is 1. The lowest BCUT2D eigenvalue weighted by atomic mass is 10.2. The number of aromatic nitrogens is 2. The summed E-state index contributed by atoms with van der Waals surface area (Å²) in [6.45, 7) is 0. The summed E-state index contributed by atoms with van der Waals surface area (Å²) in [6, 6.07) is 7.74. The van der Waals surface area contributed by atoms with E-state index in [2.05, 4.69) is 15.5 Å². The van der Waals surface area contributed by atoms with Crippen molar-refractivity contribution in [3.63, 3.8) is 0 Å². The molecule has 0 spiro atoms. The number of methoxy groups -OCH3 is 1. The second-order valence-electron chi connectivity index (χ2n) is 5.44. The molecule has 3 rings (SSSR count). The molecule has 0 bridgehead atoms. The first-order chi connectivity index (χ1) is 11.2. The Labute approximate surface area is 139 Å². The van der Waals surface area contributed by atoms with Crippen molar-refractivity contribution < 1.29 is 13.9 Å². The molecule has 1 amide bonds. The van der Waals surface area contributed by atoms with Gasteiger partial charge in [0.05, 0.1) is 12.9 Å². The molecule has 1 aromatic carbocycles. The molecule has 1 aliphatic carbocycles. The van der Waals surface area contributed by atoms with Crippen molar-refractivity contribution in [2.24, 2.45) is 0 Å².